The van der Waals surface area contributed by atoms with Gasteiger partial charge in [0.25, 0.3) is 0 Å². The first kappa shape index (κ1) is 107. The Bertz CT molecular complexity index is 1890. The molecule has 0 spiro atoms. The molecule has 39 heteroatoms. The van der Waals surface area contributed by atoms with Gasteiger partial charge < -0.3 is 127 Å². The van der Waals surface area contributed by atoms with Crippen LogP contribution in [0, 0.1) is 11.3 Å². The molecule has 2 amide bonds. The number of carbonyl (C=O) groups excluding carboxylic acids is 3. The first-order chi connectivity index (χ1) is 48.0. The molecule has 3 N–H and O–H groups in total. The Kier molecular flexibility index (Phi) is 61.2. The zero-order valence-corrected chi connectivity index (χ0v) is 76.8. The molecule has 0 aliphatic heterocycles. The zero-order chi connectivity index (χ0) is 79.3. The lowest BCUT2D eigenvalue weighted by Gasteiger charge is -2.32. The minimum Gasteiger partial charge on any atom is -0.460 e. The van der Waals surface area contributed by atoms with Crippen molar-refractivity contribution in [2.75, 3.05) is 184 Å². The largest absolute Gasteiger partial charge is 0.500 e. The molecule has 614 valence electrons. The number of ether oxygens (including phenoxy) is 1. The van der Waals surface area contributed by atoms with Crippen molar-refractivity contribution in [2.45, 2.75) is 204 Å². The van der Waals surface area contributed by atoms with Crippen LogP contribution in [0.15, 0.2) is 0 Å². The summed E-state index contributed by atoms with van der Waals surface area (Å²) in [6.07, 6.45) is 13.1. The van der Waals surface area contributed by atoms with Crippen LogP contribution in [0.2, 0.25) is 48.4 Å². The fourth-order valence-corrected chi connectivity index (χ4v) is 25.7. The van der Waals surface area contributed by atoms with Crippen molar-refractivity contribution in [1.29, 1.82) is 0 Å². The van der Waals surface area contributed by atoms with Gasteiger partial charge in [-0.15, -0.1) is 0 Å². The highest BCUT2D eigenvalue weighted by Gasteiger charge is 2.45. The Morgan fingerprint density at radius 1 is 0.304 bits per heavy atom. The first-order valence-electron chi connectivity index (χ1n) is 34.7. The minimum atomic E-state index is -2.63. The van der Waals surface area contributed by atoms with Crippen LogP contribution in [0.3, 0.4) is 0 Å². The van der Waals surface area contributed by atoms with Crippen LogP contribution in [0.1, 0.15) is 144 Å². The molecule has 31 nitrogen and oxygen atoms in total. The molecule has 0 saturated heterocycles. The van der Waals surface area contributed by atoms with Crippen molar-refractivity contribution in [3.63, 3.8) is 0 Å². The maximum atomic E-state index is 11.6. The van der Waals surface area contributed by atoms with Gasteiger partial charge >= 0.3 is 76.4 Å². The third-order valence-corrected chi connectivity index (χ3v) is 41.4. The molecule has 0 atom stereocenters. The molecule has 0 unspecified atom stereocenters. The molecular weight excluding hydrogens is 1470 g/mol. The Hall–Kier alpha value is -0.855. The lowest BCUT2D eigenvalue weighted by Crippen LogP contribution is -2.44. The summed E-state index contributed by atoms with van der Waals surface area (Å²) in [6, 6.07) is 5.64. The van der Waals surface area contributed by atoms with E-state index in [1.54, 1.807) is 171 Å². The van der Waals surface area contributed by atoms with Crippen LogP contribution in [0.5, 0.6) is 0 Å². The minimum absolute atomic E-state index is 0.0150. The molecule has 0 bridgehead atoms. The first-order valence-corrected chi connectivity index (χ1v) is 50.1. The van der Waals surface area contributed by atoms with Crippen LogP contribution in [-0.4, -0.2) is 288 Å². The third-order valence-electron chi connectivity index (χ3n) is 18.7. The van der Waals surface area contributed by atoms with Crippen LogP contribution < -0.4 is 10.6 Å². The number of esters is 1. The molecule has 0 aromatic heterocycles. The molecule has 0 aromatic carbocycles. The summed E-state index contributed by atoms with van der Waals surface area (Å²) in [7, 11) is 18.0. The standard InChI is InChI=1S/C17H39NO7Si2.C16H37NO7Si2.C16H36O8Si2.C14H34O7Si2/c1-16(19)18-15-17(2,11-9-13-26(20-3,21-4)22-5)12-10-14-27(23-6,24-7)25-8;1-15(18)17-14-16(10-8-12-25(19-2,20-3)21-4)11-9-13-26(22-5,23-6)24-7;1-15(17)24-16(2,11-9-13-25(18-3,19-4)20-5)12-10-14-26(21-6,22-7)23-8;1-14(15,10-8-12-22(16-2,17-3)18-4)11-9-13-23(19-5,20-6)21-7/h9-15H2,1-8H3,(H,18,19);16H,8-14H2,1-7H3,(H,17,18);9-14H2,1-8H3;15H,8-13H2,1-7H3. The second-order valence-corrected chi connectivity index (χ2v) is 50.1. The second kappa shape index (κ2) is 58.1. The van der Waals surface area contributed by atoms with E-state index >= 15 is 0 Å². The normalized spacial score (nSPS) is 13.1. The van der Waals surface area contributed by atoms with E-state index in [1.165, 1.54) is 20.8 Å². The number of aliphatic hydroxyl groups is 1. The van der Waals surface area contributed by atoms with E-state index in [4.69, 9.17) is 111 Å². The van der Waals surface area contributed by atoms with Crippen molar-refractivity contribution in [3.05, 3.63) is 0 Å². The summed E-state index contributed by atoms with van der Waals surface area (Å²) < 4.78 is 136. The quantitative estimate of drug-likeness (QED) is 0.0377. The predicted octanol–water partition coefficient (Wildman–Crippen LogP) is 9.18. The van der Waals surface area contributed by atoms with Gasteiger partial charge in [0.15, 0.2) is 0 Å². The number of amides is 2. The van der Waals surface area contributed by atoms with Crippen molar-refractivity contribution < 1.29 is 130 Å². The highest BCUT2D eigenvalue weighted by atomic mass is 28.4. The molecule has 0 aromatic rings. The SMILES string of the molecule is CO[Si](CCCC(C)(CCC[Si](OC)(OC)OC)CNC(C)=O)(OC)OC.CO[Si](CCCC(C)(CCC[Si](OC)(OC)OC)OC(C)=O)(OC)OC.CO[Si](CCCC(C)(O)CCC[Si](OC)(OC)OC)(OC)OC.CO[Si](CCCC(CCC[Si](OC)(OC)OC)CNC(C)=O)(OC)OC. The highest BCUT2D eigenvalue weighted by molar-refractivity contribution is 6.63. The lowest BCUT2D eigenvalue weighted by atomic mass is 9.81. The van der Waals surface area contributed by atoms with Crippen LogP contribution in [0.4, 0.5) is 0 Å². The van der Waals surface area contributed by atoms with Gasteiger partial charge in [0, 0.05) is 253 Å². The Labute approximate surface area is 625 Å². The van der Waals surface area contributed by atoms with Crippen LogP contribution in [0.25, 0.3) is 0 Å². The lowest BCUT2D eigenvalue weighted by molar-refractivity contribution is -0.156. The average molecular weight is 1620 g/mol. The summed E-state index contributed by atoms with van der Waals surface area (Å²) in [5, 5.41) is 16.4. The van der Waals surface area contributed by atoms with Crippen molar-refractivity contribution in [3.8, 4) is 0 Å². The maximum absolute atomic E-state index is 11.6. The van der Waals surface area contributed by atoms with Gasteiger partial charge in [-0.1, -0.05) is 6.92 Å². The number of rotatable bonds is 61. The molecular formula is C63H146N2O29Si8. The zero-order valence-electron chi connectivity index (χ0n) is 68.8. The molecule has 0 fully saturated rings. The molecule has 0 heterocycles. The molecule has 0 radical (unpaired) electrons. The summed E-state index contributed by atoms with van der Waals surface area (Å²) in [5.41, 5.74) is -1.41. The topological polar surface area (TPSA) is 326 Å². The van der Waals surface area contributed by atoms with Crippen LogP contribution in [-0.2, 0) is 125 Å². The molecule has 0 rings (SSSR count). The number of carbonyl (C=O) groups is 3. The fourth-order valence-electron chi connectivity index (χ4n) is 11.8. The average Bonchev–Trinajstić information content (AvgIpc) is 0.871. The monoisotopic (exact) mass is 1620 g/mol. The van der Waals surface area contributed by atoms with E-state index in [9.17, 15) is 19.5 Å². The highest BCUT2D eigenvalue weighted by Crippen LogP contribution is 2.35. The summed E-state index contributed by atoms with van der Waals surface area (Å²) >= 11 is 0. The number of nitrogens with one attached hydrogen (secondary N) is 2. The van der Waals surface area contributed by atoms with E-state index < -0.39 is 81.6 Å². The van der Waals surface area contributed by atoms with Gasteiger partial charge in [0.1, 0.15) is 5.60 Å². The van der Waals surface area contributed by atoms with E-state index in [0.29, 0.717) is 68.9 Å². The van der Waals surface area contributed by atoms with Gasteiger partial charge in [-0.25, -0.2) is 0 Å². The smallest absolute Gasteiger partial charge is 0.460 e. The molecule has 0 saturated carbocycles. The Morgan fingerprint density at radius 3 is 0.696 bits per heavy atom. The Morgan fingerprint density at radius 2 is 0.500 bits per heavy atom. The van der Waals surface area contributed by atoms with E-state index in [1.807, 2.05) is 13.8 Å². The fraction of sp³-hybridized carbons (Fsp3) is 0.952. The Balaban J connectivity index is -0.000000629. The van der Waals surface area contributed by atoms with Gasteiger partial charge in [-0.3, -0.25) is 14.4 Å². The maximum Gasteiger partial charge on any atom is 0.500 e. The van der Waals surface area contributed by atoms with Crippen molar-refractivity contribution in [1.82, 2.24) is 10.6 Å². The number of hydrogen-bond acceptors (Lipinski definition) is 29. The van der Waals surface area contributed by atoms with Crippen molar-refractivity contribution in [2.24, 2.45) is 11.3 Å². The molecule has 0 aliphatic carbocycles. The summed E-state index contributed by atoms with van der Waals surface area (Å²) in [5.74, 6) is 0.0206. The summed E-state index contributed by atoms with van der Waals surface area (Å²) in [6.45, 7) is 11.7. The van der Waals surface area contributed by atoms with Gasteiger partial charge in [0.2, 0.25) is 11.8 Å². The van der Waals surface area contributed by atoms with Crippen LogP contribution >= 0.6 is 0 Å². The third kappa shape index (κ3) is 42.9. The van der Waals surface area contributed by atoms with Gasteiger partial charge in [-0.05, 0) is 128 Å². The number of hydrogen-bond donors (Lipinski definition) is 3. The van der Waals surface area contributed by atoms with E-state index in [-0.39, 0.29) is 23.2 Å². The van der Waals surface area contributed by atoms with Gasteiger partial charge in [0.05, 0.1) is 5.60 Å². The summed E-state index contributed by atoms with van der Waals surface area (Å²) in [4.78, 5) is 34.3. The van der Waals surface area contributed by atoms with E-state index in [2.05, 4.69) is 17.6 Å². The molecule has 102 heavy (non-hydrogen) atoms. The van der Waals surface area contributed by atoms with Gasteiger partial charge in [-0.2, -0.15) is 0 Å². The van der Waals surface area contributed by atoms with Crippen molar-refractivity contribution >= 4 is 88.2 Å². The second-order valence-electron chi connectivity index (χ2n) is 25.3. The molecule has 0 aliphatic rings. The van der Waals surface area contributed by atoms with E-state index in [0.717, 1.165) is 101 Å². The predicted molar refractivity (Wildman–Crippen MR) is 406 cm³/mol.